The monoisotopic (exact) mass is 291 g/mol. The van der Waals surface area contributed by atoms with Crippen LogP contribution in [0.15, 0.2) is 11.4 Å². The summed E-state index contributed by atoms with van der Waals surface area (Å²) >= 11 is 1.93. The second kappa shape index (κ2) is 4.80. The summed E-state index contributed by atoms with van der Waals surface area (Å²) in [6.45, 7) is 8.23. The third-order valence-corrected chi connectivity index (χ3v) is 7.09. The Morgan fingerprint density at radius 1 is 1.40 bits per heavy atom. The van der Waals surface area contributed by atoms with Gasteiger partial charge in [-0.1, -0.05) is 0 Å². The van der Waals surface area contributed by atoms with E-state index in [1.807, 2.05) is 11.3 Å². The Hall–Kier alpha value is -0.420. The van der Waals surface area contributed by atoms with Crippen LogP contribution in [0, 0.1) is 5.92 Å². The highest BCUT2D eigenvalue weighted by atomic mass is 32.1. The van der Waals surface area contributed by atoms with Crippen LogP contribution in [-0.4, -0.2) is 48.1 Å². The zero-order valence-electron chi connectivity index (χ0n) is 12.3. The molecule has 4 heteroatoms. The molecule has 0 radical (unpaired) electrons. The minimum absolute atomic E-state index is 0.256. The minimum atomic E-state index is 0.256. The molecule has 4 rings (SSSR count). The molecule has 0 saturated carbocycles. The van der Waals surface area contributed by atoms with Crippen molar-refractivity contribution in [1.29, 1.82) is 0 Å². The second-order valence-corrected chi connectivity index (χ2v) is 7.76. The van der Waals surface area contributed by atoms with E-state index in [9.17, 15) is 0 Å². The molecule has 2 bridgehead atoms. The molecule has 2 saturated heterocycles. The summed E-state index contributed by atoms with van der Waals surface area (Å²) in [7, 11) is 0. The Morgan fingerprint density at radius 3 is 3.15 bits per heavy atom. The van der Waals surface area contributed by atoms with E-state index in [0.29, 0.717) is 6.04 Å². The van der Waals surface area contributed by atoms with Crippen LogP contribution in [0.2, 0.25) is 0 Å². The van der Waals surface area contributed by atoms with Crippen molar-refractivity contribution >= 4 is 11.3 Å². The van der Waals surface area contributed by atoms with Gasteiger partial charge in [0.1, 0.15) is 0 Å². The van der Waals surface area contributed by atoms with Crippen LogP contribution >= 0.6 is 11.3 Å². The summed E-state index contributed by atoms with van der Waals surface area (Å²) in [5, 5.41) is 2.26. The van der Waals surface area contributed by atoms with Crippen LogP contribution in [0.1, 0.15) is 36.2 Å². The maximum atomic E-state index is 6.35. The van der Waals surface area contributed by atoms with Crippen molar-refractivity contribution in [2.24, 2.45) is 11.7 Å². The van der Waals surface area contributed by atoms with Gasteiger partial charge in [0.2, 0.25) is 0 Å². The number of nitrogens with zero attached hydrogens (tertiary/aromatic N) is 2. The molecule has 4 heterocycles. The molecule has 3 aliphatic rings. The number of fused-ring (bicyclic) bond motifs is 3. The topological polar surface area (TPSA) is 32.5 Å². The minimum Gasteiger partial charge on any atom is -0.329 e. The molecule has 3 nitrogen and oxygen atoms in total. The zero-order valence-corrected chi connectivity index (χ0v) is 13.2. The number of hydrogen-bond acceptors (Lipinski definition) is 4. The van der Waals surface area contributed by atoms with Gasteiger partial charge in [-0.15, -0.1) is 11.3 Å². The van der Waals surface area contributed by atoms with Crippen LogP contribution < -0.4 is 5.73 Å². The lowest BCUT2D eigenvalue weighted by Crippen LogP contribution is -2.63. The van der Waals surface area contributed by atoms with Gasteiger partial charge in [0, 0.05) is 36.1 Å². The van der Waals surface area contributed by atoms with E-state index in [4.69, 9.17) is 5.73 Å². The van der Waals surface area contributed by atoms with E-state index in [2.05, 4.69) is 28.2 Å². The number of piperidine rings is 1. The molecule has 4 unspecified atom stereocenters. The van der Waals surface area contributed by atoms with Gasteiger partial charge in [0.25, 0.3) is 0 Å². The molecule has 2 fully saturated rings. The Labute approximate surface area is 125 Å². The predicted molar refractivity (Wildman–Crippen MR) is 84.1 cm³/mol. The second-order valence-electron chi connectivity index (χ2n) is 6.76. The smallest absolute Gasteiger partial charge is 0.0390 e. The van der Waals surface area contributed by atoms with Gasteiger partial charge in [0.05, 0.1) is 0 Å². The molecule has 0 aliphatic carbocycles. The molecule has 110 valence electrons. The first-order valence-corrected chi connectivity index (χ1v) is 8.88. The standard InChI is InChI=1S/C16H25N3S/c1-12-14-4-9-20-15(14)3-7-19(12)16(11-17)5-8-18-6-2-13(16)10-18/h4,9,12-13H,2-3,5-8,10-11,17H2,1H3. The molecule has 20 heavy (non-hydrogen) atoms. The molecule has 1 aromatic rings. The third kappa shape index (κ3) is 1.75. The lowest BCUT2D eigenvalue weighted by molar-refractivity contribution is -0.0224. The molecular formula is C16H25N3S. The van der Waals surface area contributed by atoms with Crippen molar-refractivity contribution in [2.75, 3.05) is 32.7 Å². The van der Waals surface area contributed by atoms with Crippen molar-refractivity contribution < 1.29 is 0 Å². The molecule has 2 N–H and O–H groups in total. The first-order valence-electron chi connectivity index (χ1n) is 8.00. The van der Waals surface area contributed by atoms with Crippen LogP contribution in [0.4, 0.5) is 0 Å². The SMILES string of the molecule is CC1c2ccsc2CCN1C1(CN)CCN2CCC1C2. The average molecular weight is 291 g/mol. The van der Waals surface area contributed by atoms with E-state index in [1.54, 1.807) is 10.4 Å². The molecule has 3 aliphatic heterocycles. The summed E-state index contributed by atoms with van der Waals surface area (Å²) in [6, 6.07) is 2.88. The van der Waals surface area contributed by atoms with E-state index in [0.717, 1.165) is 12.5 Å². The Balaban J connectivity index is 1.68. The molecular weight excluding hydrogens is 266 g/mol. The van der Waals surface area contributed by atoms with Gasteiger partial charge < -0.3 is 10.6 Å². The van der Waals surface area contributed by atoms with Crippen LogP contribution in [-0.2, 0) is 6.42 Å². The van der Waals surface area contributed by atoms with Crippen molar-refractivity contribution in [3.8, 4) is 0 Å². The summed E-state index contributed by atoms with van der Waals surface area (Å²) in [6.07, 6.45) is 3.82. The normalized spacial score (nSPS) is 40.8. The third-order valence-electron chi connectivity index (χ3n) is 6.10. The van der Waals surface area contributed by atoms with Gasteiger partial charge in [-0.05, 0) is 62.2 Å². The fourth-order valence-electron chi connectivity index (χ4n) is 4.91. The maximum absolute atomic E-state index is 6.35. The highest BCUT2D eigenvalue weighted by Crippen LogP contribution is 2.45. The van der Waals surface area contributed by atoms with Crippen LogP contribution in [0.25, 0.3) is 0 Å². The van der Waals surface area contributed by atoms with Crippen molar-refractivity contribution in [1.82, 2.24) is 9.80 Å². The van der Waals surface area contributed by atoms with Gasteiger partial charge in [-0.2, -0.15) is 0 Å². The van der Waals surface area contributed by atoms with Crippen molar-refractivity contribution in [3.05, 3.63) is 21.9 Å². The molecule has 0 spiro atoms. The van der Waals surface area contributed by atoms with Gasteiger partial charge >= 0.3 is 0 Å². The van der Waals surface area contributed by atoms with E-state index in [1.165, 1.54) is 45.4 Å². The predicted octanol–water partition coefficient (Wildman–Crippen LogP) is 2.09. The summed E-state index contributed by atoms with van der Waals surface area (Å²) in [4.78, 5) is 7.00. The fourth-order valence-corrected chi connectivity index (χ4v) is 5.87. The van der Waals surface area contributed by atoms with Crippen LogP contribution in [0.5, 0.6) is 0 Å². The first-order chi connectivity index (χ1) is 9.74. The fraction of sp³-hybridized carbons (Fsp3) is 0.750. The summed E-state index contributed by atoms with van der Waals surface area (Å²) in [5.41, 5.74) is 8.17. The molecule has 4 atom stereocenters. The zero-order chi connectivity index (χ0) is 13.7. The van der Waals surface area contributed by atoms with Crippen LogP contribution in [0.3, 0.4) is 0 Å². The summed E-state index contributed by atoms with van der Waals surface area (Å²) < 4.78 is 0. The molecule has 1 aromatic heterocycles. The Morgan fingerprint density at radius 2 is 2.30 bits per heavy atom. The Bertz CT molecular complexity index is 500. The molecule has 0 amide bonds. The number of nitrogens with two attached hydrogens (primary N) is 1. The lowest BCUT2D eigenvalue weighted by Gasteiger charge is -2.54. The summed E-state index contributed by atoms with van der Waals surface area (Å²) in [5.74, 6) is 0.781. The highest BCUT2D eigenvalue weighted by Gasteiger charge is 2.50. The maximum Gasteiger partial charge on any atom is 0.0390 e. The van der Waals surface area contributed by atoms with E-state index < -0.39 is 0 Å². The van der Waals surface area contributed by atoms with Crippen molar-refractivity contribution in [2.45, 2.75) is 37.8 Å². The average Bonchev–Trinajstić information content (AvgIpc) is 3.09. The number of hydrogen-bond donors (Lipinski definition) is 1. The number of rotatable bonds is 2. The quantitative estimate of drug-likeness (QED) is 0.905. The van der Waals surface area contributed by atoms with E-state index >= 15 is 0 Å². The van der Waals surface area contributed by atoms with E-state index in [-0.39, 0.29) is 5.54 Å². The lowest BCUT2D eigenvalue weighted by atomic mass is 9.75. The highest BCUT2D eigenvalue weighted by molar-refractivity contribution is 7.10. The van der Waals surface area contributed by atoms with Gasteiger partial charge in [-0.3, -0.25) is 4.90 Å². The van der Waals surface area contributed by atoms with Crippen molar-refractivity contribution in [3.63, 3.8) is 0 Å². The van der Waals surface area contributed by atoms with Gasteiger partial charge in [0.15, 0.2) is 0 Å². The largest absolute Gasteiger partial charge is 0.329 e. The Kier molecular flexibility index (Phi) is 3.18. The van der Waals surface area contributed by atoms with Gasteiger partial charge in [-0.25, -0.2) is 0 Å². The molecule has 0 aromatic carbocycles. The number of thiophene rings is 1. The first kappa shape index (κ1) is 13.3.